The number of nitrogens with one attached hydrogen (secondary N) is 1. The van der Waals surface area contributed by atoms with Gasteiger partial charge in [-0.25, -0.2) is 4.98 Å². The minimum atomic E-state index is -4.68. The highest BCUT2D eigenvalue weighted by atomic mass is 19.4. The summed E-state index contributed by atoms with van der Waals surface area (Å²) in [6, 6.07) is 10.8. The van der Waals surface area contributed by atoms with Crippen LogP contribution in [0.4, 0.5) is 18.9 Å². The lowest BCUT2D eigenvalue weighted by atomic mass is 10.3. The van der Waals surface area contributed by atoms with Gasteiger partial charge in [0.2, 0.25) is 5.88 Å². The summed E-state index contributed by atoms with van der Waals surface area (Å²) in [6.45, 7) is 0.427. The number of pyridine rings is 1. The Balaban J connectivity index is 1.94. The van der Waals surface area contributed by atoms with Crippen LogP contribution in [0.25, 0.3) is 0 Å². The van der Waals surface area contributed by atoms with Gasteiger partial charge in [0.05, 0.1) is 19.3 Å². The Labute approximate surface area is 119 Å². The van der Waals surface area contributed by atoms with Crippen molar-refractivity contribution in [3.05, 3.63) is 48.2 Å². The predicted molar refractivity (Wildman–Crippen MR) is 71.2 cm³/mol. The molecule has 0 saturated heterocycles. The van der Waals surface area contributed by atoms with Crippen molar-refractivity contribution in [3.8, 4) is 11.6 Å². The zero-order valence-electron chi connectivity index (χ0n) is 11.1. The monoisotopic (exact) mass is 298 g/mol. The highest BCUT2D eigenvalue weighted by Gasteiger charge is 2.30. The van der Waals surface area contributed by atoms with Gasteiger partial charge < -0.3 is 14.8 Å². The molecule has 1 aromatic carbocycles. The van der Waals surface area contributed by atoms with Gasteiger partial charge in [-0.05, 0) is 30.3 Å². The van der Waals surface area contributed by atoms with Crippen LogP contribution < -0.4 is 14.8 Å². The molecule has 0 amide bonds. The van der Waals surface area contributed by atoms with E-state index in [2.05, 4.69) is 15.0 Å². The first-order valence-electron chi connectivity index (χ1n) is 6.06. The maximum Gasteiger partial charge on any atom is 0.573 e. The number of anilines is 1. The third-order valence-electron chi connectivity index (χ3n) is 2.55. The zero-order valence-corrected chi connectivity index (χ0v) is 11.1. The number of methoxy groups -OCH3 is 1. The van der Waals surface area contributed by atoms with Gasteiger partial charge in [0, 0.05) is 11.8 Å². The van der Waals surface area contributed by atoms with Crippen molar-refractivity contribution < 1.29 is 22.6 Å². The van der Waals surface area contributed by atoms with Gasteiger partial charge in [0.1, 0.15) is 5.75 Å². The van der Waals surface area contributed by atoms with Gasteiger partial charge in [0.25, 0.3) is 0 Å². The average molecular weight is 298 g/mol. The second kappa shape index (κ2) is 6.34. The van der Waals surface area contributed by atoms with Crippen LogP contribution in [0.3, 0.4) is 0 Å². The maximum atomic E-state index is 12.0. The molecule has 0 fully saturated rings. The van der Waals surface area contributed by atoms with Crippen molar-refractivity contribution in [2.45, 2.75) is 12.9 Å². The fourth-order valence-electron chi connectivity index (χ4n) is 1.64. The maximum absolute atomic E-state index is 12.0. The largest absolute Gasteiger partial charge is 0.573 e. The number of nitrogens with zero attached hydrogens (tertiary/aromatic N) is 1. The Kier molecular flexibility index (Phi) is 4.52. The Morgan fingerprint density at radius 3 is 2.43 bits per heavy atom. The van der Waals surface area contributed by atoms with Crippen molar-refractivity contribution >= 4 is 5.69 Å². The van der Waals surface area contributed by atoms with Crippen LogP contribution in [0.1, 0.15) is 5.69 Å². The molecule has 0 aliphatic carbocycles. The Bertz CT molecular complexity index is 586. The first-order valence-corrected chi connectivity index (χ1v) is 6.06. The first-order chi connectivity index (χ1) is 9.96. The van der Waals surface area contributed by atoms with Crippen molar-refractivity contribution in [3.63, 3.8) is 0 Å². The van der Waals surface area contributed by atoms with Gasteiger partial charge >= 0.3 is 6.36 Å². The summed E-state index contributed by atoms with van der Waals surface area (Å²) >= 11 is 0. The van der Waals surface area contributed by atoms with Gasteiger partial charge in [-0.15, -0.1) is 13.2 Å². The number of hydrogen-bond donors (Lipinski definition) is 1. The fraction of sp³-hybridized carbons (Fsp3) is 0.214. The lowest BCUT2D eigenvalue weighted by molar-refractivity contribution is -0.274. The van der Waals surface area contributed by atoms with E-state index in [1.807, 2.05) is 12.1 Å². The van der Waals surface area contributed by atoms with Gasteiger partial charge in [-0.3, -0.25) is 0 Å². The van der Waals surface area contributed by atoms with E-state index in [1.165, 1.54) is 31.4 Å². The summed E-state index contributed by atoms with van der Waals surface area (Å²) in [5, 5.41) is 3.05. The number of alkyl halides is 3. The minimum absolute atomic E-state index is 0.257. The van der Waals surface area contributed by atoms with E-state index in [4.69, 9.17) is 4.74 Å². The normalized spacial score (nSPS) is 11.0. The number of halogens is 3. The summed E-state index contributed by atoms with van der Waals surface area (Å²) in [5.74, 6) is 0.246. The van der Waals surface area contributed by atoms with Crippen molar-refractivity contribution in [1.82, 2.24) is 4.98 Å². The van der Waals surface area contributed by atoms with E-state index in [0.29, 0.717) is 18.1 Å². The Morgan fingerprint density at radius 1 is 1.10 bits per heavy atom. The van der Waals surface area contributed by atoms with E-state index in [9.17, 15) is 13.2 Å². The van der Waals surface area contributed by atoms with Gasteiger partial charge in [-0.2, -0.15) is 0 Å². The van der Waals surface area contributed by atoms with Crippen molar-refractivity contribution in [2.75, 3.05) is 12.4 Å². The molecule has 0 saturated carbocycles. The number of aromatic nitrogens is 1. The molecule has 0 aliphatic rings. The van der Waals surface area contributed by atoms with Crippen LogP contribution in [-0.2, 0) is 6.54 Å². The van der Waals surface area contributed by atoms with Crippen LogP contribution >= 0.6 is 0 Å². The van der Waals surface area contributed by atoms with Crippen LogP contribution in [0.5, 0.6) is 11.6 Å². The molecule has 112 valence electrons. The smallest absolute Gasteiger partial charge is 0.481 e. The number of benzene rings is 1. The molecule has 21 heavy (non-hydrogen) atoms. The average Bonchev–Trinajstić information content (AvgIpc) is 2.45. The predicted octanol–water partition coefficient (Wildman–Crippen LogP) is 3.60. The third kappa shape index (κ3) is 4.87. The molecule has 1 N–H and O–H groups in total. The van der Waals surface area contributed by atoms with Crippen LogP contribution in [0, 0.1) is 0 Å². The third-order valence-corrected chi connectivity index (χ3v) is 2.55. The van der Waals surface area contributed by atoms with E-state index < -0.39 is 6.36 Å². The SMILES string of the molecule is COc1cccc(CNc2ccc(OC(F)(F)F)cc2)n1. The summed E-state index contributed by atoms with van der Waals surface area (Å²) in [5.41, 5.74) is 1.42. The number of hydrogen-bond acceptors (Lipinski definition) is 4. The Morgan fingerprint density at radius 2 is 1.81 bits per heavy atom. The summed E-state index contributed by atoms with van der Waals surface area (Å²) in [6.07, 6.45) is -4.68. The highest BCUT2D eigenvalue weighted by Crippen LogP contribution is 2.24. The highest BCUT2D eigenvalue weighted by molar-refractivity contribution is 5.46. The second-order valence-electron chi connectivity index (χ2n) is 4.10. The quantitative estimate of drug-likeness (QED) is 0.916. The standard InChI is InChI=1S/C14H13F3N2O2/c1-20-13-4-2-3-11(19-13)9-18-10-5-7-12(8-6-10)21-14(15,16)17/h2-8,18H,9H2,1H3. The molecule has 2 rings (SSSR count). The molecule has 0 unspecified atom stereocenters. The number of ether oxygens (including phenoxy) is 2. The van der Waals surface area contributed by atoms with E-state index in [0.717, 1.165) is 5.69 Å². The zero-order chi connectivity index (χ0) is 15.3. The molecule has 2 aromatic rings. The van der Waals surface area contributed by atoms with Gasteiger partial charge in [0.15, 0.2) is 0 Å². The summed E-state index contributed by atoms with van der Waals surface area (Å²) in [4.78, 5) is 4.21. The topological polar surface area (TPSA) is 43.4 Å². The molecule has 7 heteroatoms. The minimum Gasteiger partial charge on any atom is -0.481 e. The Hall–Kier alpha value is -2.44. The van der Waals surface area contributed by atoms with Crippen molar-refractivity contribution in [2.24, 2.45) is 0 Å². The molecule has 0 radical (unpaired) electrons. The summed E-state index contributed by atoms with van der Waals surface area (Å²) < 4.78 is 44.9. The van der Waals surface area contributed by atoms with Crippen LogP contribution in [-0.4, -0.2) is 18.5 Å². The molecule has 1 aromatic heterocycles. The summed E-state index contributed by atoms with van der Waals surface area (Å²) in [7, 11) is 1.53. The van der Waals surface area contributed by atoms with Gasteiger partial charge in [-0.1, -0.05) is 6.07 Å². The molecule has 0 atom stereocenters. The fourth-order valence-corrected chi connectivity index (χ4v) is 1.64. The molecule has 0 spiro atoms. The second-order valence-corrected chi connectivity index (χ2v) is 4.10. The molecule has 0 bridgehead atoms. The lowest BCUT2D eigenvalue weighted by Gasteiger charge is -2.10. The molecule has 0 aliphatic heterocycles. The van der Waals surface area contributed by atoms with E-state index >= 15 is 0 Å². The van der Waals surface area contributed by atoms with E-state index in [1.54, 1.807) is 6.07 Å². The van der Waals surface area contributed by atoms with Crippen molar-refractivity contribution in [1.29, 1.82) is 0 Å². The molecular formula is C14H13F3N2O2. The first kappa shape index (κ1) is 15.0. The van der Waals surface area contributed by atoms with Crippen LogP contribution in [0.15, 0.2) is 42.5 Å². The molecular weight excluding hydrogens is 285 g/mol. The van der Waals surface area contributed by atoms with E-state index in [-0.39, 0.29) is 5.75 Å². The molecule has 1 heterocycles. The van der Waals surface area contributed by atoms with Crippen LogP contribution in [0.2, 0.25) is 0 Å². The lowest BCUT2D eigenvalue weighted by Crippen LogP contribution is -2.17. The number of rotatable bonds is 5. The molecule has 4 nitrogen and oxygen atoms in total.